The van der Waals surface area contributed by atoms with Crippen molar-refractivity contribution in [1.29, 1.82) is 0 Å². The van der Waals surface area contributed by atoms with Gasteiger partial charge in [-0.3, -0.25) is 24.5 Å². The zero-order chi connectivity index (χ0) is 24.1. The van der Waals surface area contributed by atoms with E-state index in [1.807, 2.05) is 0 Å². The van der Waals surface area contributed by atoms with Gasteiger partial charge in [0.15, 0.2) is 6.10 Å². The molecule has 0 radical (unpaired) electrons. The fourth-order valence-corrected chi connectivity index (χ4v) is 4.80. The lowest BCUT2D eigenvalue weighted by Crippen LogP contribution is -2.37. The SMILES string of the molecule is O=C1[C@@H]2[C@H](ON(c3cccc([N+](=O)[O-])c3)[C@H]2c2ccc(Cl)cc2Cl)C(=O)N1c1ccc(F)cc1. The van der Waals surface area contributed by atoms with Gasteiger partial charge in [0.05, 0.1) is 22.3 Å². The molecule has 0 unspecified atom stereocenters. The quantitative estimate of drug-likeness (QED) is 0.280. The van der Waals surface area contributed by atoms with E-state index in [0.29, 0.717) is 10.6 Å². The van der Waals surface area contributed by atoms with Gasteiger partial charge in [-0.2, -0.15) is 0 Å². The summed E-state index contributed by atoms with van der Waals surface area (Å²) < 4.78 is 13.4. The lowest BCUT2D eigenvalue weighted by atomic mass is 9.90. The number of imide groups is 1. The molecule has 172 valence electrons. The van der Waals surface area contributed by atoms with Crippen LogP contribution in [0.5, 0.6) is 0 Å². The van der Waals surface area contributed by atoms with Gasteiger partial charge in [-0.1, -0.05) is 35.3 Å². The Morgan fingerprint density at radius 2 is 1.68 bits per heavy atom. The highest BCUT2D eigenvalue weighted by Gasteiger charge is 2.60. The Morgan fingerprint density at radius 3 is 2.35 bits per heavy atom. The van der Waals surface area contributed by atoms with Gasteiger partial charge in [0.1, 0.15) is 11.7 Å². The van der Waals surface area contributed by atoms with E-state index in [0.717, 1.165) is 17.0 Å². The average Bonchev–Trinajstić information content (AvgIpc) is 3.31. The number of nitro groups is 1. The first-order valence-electron chi connectivity index (χ1n) is 10.0. The van der Waals surface area contributed by atoms with Crippen molar-refractivity contribution in [3.63, 3.8) is 0 Å². The van der Waals surface area contributed by atoms with E-state index in [2.05, 4.69) is 0 Å². The minimum Gasteiger partial charge on any atom is -0.273 e. The maximum Gasteiger partial charge on any atom is 0.271 e. The van der Waals surface area contributed by atoms with Gasteiger partial charge in [-0.25, -0.2) is 14.4 Å². The van der Waals surface area contributed by atoms with Gasteiger partial charge in [0.2, 0.25) is 5.91 Å². The Kier molecular flexibility index (Phi) is 5.47. The predicted molar refractivity (Wildman–Crippen MR) is 122 cm³/mol. The lowest BCUT2D eigenvalue weighted by molar-refractivity contribution is -0.384. The molecule has 3 atom stereocenters. The average molecular weight is 502 g/mol. The lowest BCUT2D eigenvalue weighted by Gasteiger charge is -2.29. The molecule has 0 aliphatic carbocycles. The van der Waals surface area contributed by atoms with Crippen molar-refractivity contribution in [3.05, 3.63) is 98.3 Å². The number of hydroxylamine groups is 1. The van der Waals surface area contributed by atoms with Crippen LogP contribution in [-0.4, -0.2) is 22.8 Å². The summed E-state index contributed by atoms with van der Waals surface area (Å²) >= 11 is 12.5. The van der Waals surface area contributed by atoms with Crippen molar-refractivity contribution < 1.29 is 23.7 Å². The smallest absolute Gasteiger partial charge is 0.271 e. The molecule has 34 heavy (non-hydrogen) atoms. The highest BCUT2D eigenvalue weighted by Crippen LogP contribution is 2.49. The second kappa shape index (κ2) is 8.35. The summed E-state index contributed by atoms with van der Waals surface area (Å²) in [5, 5.41) is 13.2. The maximum absolute atomic E-state index is 13.5. The Morgan fingerprint density at radius 1 is 0.941 bits per heavy atom. The van der Waals surface area contributed by atoms with Gasteiger partial charge >= 0.3 is 0 Å². The summed E-state index contributed by atoms with van der Waals surface area (Å²) in [6.45, 7) is 0. The summed E-state index contributed by atoms with van der Waals surface area (Å²) in [6.07, 6.45) is -1.21. The highest BCUT2D eigenvalue weighted by molar-refractivity contribution is 6.35. The van der Waals surface area contributed by atoms with Crippen LogP contribution < -0.4 is 9.96 Å². The van der Waals surface area contributed by atoms with Crippen molar-refractivity contribution in [2.45, 2.75) is 12.1 Å². The number of fused-ring (bicyclic) bond motifs is 1. The van der Waals surface area contributed by atoms with Crippen LogP contribution in [-0.2, 0) is 14.4 Å². The molecule has 8 nitrogen and oxygen atoms in total. The molecule has 0 spiro atoms. The largest absolute Gasteiger partial charge is 0.273 e. The molecule has 11 heteroatoms. The summed E-state index contributed by atoms with van der Waals surface area (Å²) in [5.74, 6) is -2.73. The van der Waals surface area contributed by atoms with Gasteiger partial charge in [0.25, 0.3) is 11.6 Å². The summed E-state index contributed by atoms with van der Waals surface area (Å²) in [5.41, 5.74) is 0.739. The van der Waals surface area contributed by atoms with Crippen LogP contribution in [0.25, 0.3) is 0 Å². The molecule has 0 N–H and O–H groups in total. The third kappa shape index (κ3) is 3.58. The number of nitro benzene ring substituents is 1. The van der Waals surface area contributed by atoms with Gasteiger partial charge < -0.3 is 0 Å². The number of benzene rings is 3. The molecule has 0 saturated carbocycles. The van der Waals surface area contributed by atoms with Gasteiger partial charge in [-0.05, 0) is 48.0 Å². The molecule has 3 aromatic rings. The van der Waals surface area contributed by atoms with Crippen LogP contribution in [0.3, 0.4) is 0 Å². The van der Waals surface area contributed by atoms with E-state index >= 15 is 0 Å². The van der Waals surface area contributed by atoms with E-state index in [1.54, 1.807) is 18.2 Å². The molecule has 0 bridgehead atoms. The standard InChI is InChI=1S/C23H14Cl2FN3O5/c24-12-4-9-17(18(25)10-12)20-19-21(34-28(20)15-2-1-3-16(11-15)29(32)33)23(31)27(22(19)30)14-7-5-13(26)6-8-14/h1-11,19-21H/t19-,20-,21-/m0/s1. The van der Waals surface area contributed by atoms with E-state index in [-0.39, 0.29) is 22.1 Å². The number of rotatable bonds is 4. The summed E-state index contributed by atoms with van der Waals surface area (Å²) in [4.78, 5) is 44.4. The minimum absolute atomic E-state index is 0.190. The number of hydrogen-bond donors (Lipinski definition) is 0. The first-order valence-corrected chi connectivity index (χ1v) is 10.8. The van der Waals surface area contributed by atoms with Crippen molar-refractivity contribution in [2.24, 2.45) is 5.92 Å². The van der Waals surface area contributed by atoms with Crippen LogP contribution >= 0.6 is 23.2 Å². The van der Waals surface area contributed by atoms with E-state index in [4.69, 9.17) is 28.0 Å². The van der Waals surface area contributed by atoms with Crippen molar-refractivity contribution in [1.82, 2.24) is 0 Å². The Labute approximate surface area is 202 Å². The molecule has 2 aliphatic rings. The van der Waals surface area contributed by atoms with Crippen LogP contribution in [0.4, 0.5) is 21.5 Å². The number of nitrogens with zero attached hydrogens (tertiary/aromatic N) is 3. The molecular formula is C23H14Cl2FN3O5. The van der Waals surface area contributed by atoms with Crippen molar-refractivity contribution in [3.8, 4) is 0 Å². The molecule has 5 rings (SSSR count). The van der Waals surface area contributed by atoms with Crippen LogP contribution in [0.1, 0.15) is 11.6 Å². The van der Waals surface area contributed by atoms with E-state index in [9.17, 15) is 24.1 Å². The number of amides is 2. The molecule has 3 aromatic carbocycles. The molecule has 2 heterocycles. The maximum atomic E-state index is 13.5. The molecule has 2 saturated heterocycles. The molecule has 2 amide bonds. The number of carbonyl (C=O) groups excluding carboxylic acids is 2. The number of hydrogen-bond acceptors (Lipinski definition) is 6. The molecular weight excluding hydrogens is 488 g/mol. The molecule has 2 fully saturated rings. The number of carbonyl (C=O) groups is 2. The third-order valence-corrected chi connectivity index (χ3v) is 6.34. The van der Waals surface area contributed by atoms with Gasteiger partial charge in [-0.15, -0.1) is 0 Å². The molecule has 0 aromatic heterocycles. The van der Waals surface area contributed by atoms with Crippen LogP contribution in [0.15, 0.2) is 66.7 Å². The second-order valence-electron chi connectivity index (χ2n) is 7.75. The number of non-ortho nitro benzene ring substituents is 1. The van der Waals surface area contributed by atoms with Crippen molar-refractivity contribution >= 4 is 52.1 Å². The Bertz CT molecular complexity index is 1340. The highest BCUT2D eigenvalue weighted by atomic mass is 35.5. The minimum atomic E-state index is -1.21. The van der Waals surface area contributed by atoms with Crippen LogP contribution in [0.2, 0.25) is 10.0 Å². The zero-order valence-corrected chi connectivity index (χ0v) is 18.6. The number of anilines is 2. The number of halogens is 3. The summed E-state index contributed by atoms with van der Waals surface area (Å²) in [7, 11) is 0. The first kappa shape index (κ1) is 22.3. The first-order chi connectivity index (χ1) is 16.3. The zero-order valence-electron chi connectivity index (χ0n) is 17.1. The van der Waals surface area contributed by atoms with Crippen LogP contribution in [0, 0.1) is 21.8 Å². The topological polar surface area (TPSA) is 93.0 Å². The monoisotopic (exact) mass is 501 g/mol. The normalized spacial score (nSPS) is 21.8. The summed E-state index contributed by atoms with van der Waals surface area (Å²) in [6, 6.07) is 14.4. The fraction of sp³-hybridized carbons (Fsp3) is 0.130. The second-order valence-corrected chi connectivity index (χ2v) is 8.60. The Hall–Kier alpha value is -3.53. The van der Waals surface area contributed by atoms with E-state index in [1.165, 1.54) is 41.5 Å². The molecule has 2 aliphatic heterocycles. The van der Waals surface area contributed by atoms with E-state index < -0.39 is 40.6 Å². The third-order valence-electron chi connectivity index (χ3n) is 5.78. The van der Waals surface area contributed by atoms with Gasteiger partial charge in [0, 0.05) is 22.2 Å². The van der Waals surface area contributed by atoms with Crippen molar-refractivity contribution in [2.75, 3.05) is 9.96 Å². The fourth-order valence-electron chi connectivity index (χ4n) is 4.28. The predicted octanol–water partition coefficient (Wildman–Crippen LogP) is 5.09. The Balaban J connectivity index is 1.62.